The third-order valence-corrected chi connectivity index (χ3v) is 5.43. The fourth-order valence-corrected chi connectivity index (χ4v) is 3.77. The van der Waals surface area contributed by atoms with Crippen molar-refractivity contribution in [3.05, 3.63) is 35.0 Å². The molecule has 6 heteroatoms. The molecular weight excluding hydrogens is 310 g/mol. The van der Waals surface area contributed by atoms with Gasteiger partial charge in [-0.05, 0) is 31.5 Å². The maximum atomic E-state index is 12.3. The van der Waals surface area contributed by atoms with Crippen molar-refractivity contribution in [2.45, 2.75) is 19.8 Å². The summed E-state index contributed by atoms with van der Waals surface area (Å²) in [6, 6.07) is 6.13. The third-order valence-electron chi connectivity index (χ3n) is 4.38. The molecule has 2 amide bonds. The molecule has 0 saturated carbocycles. The van der Waals surface area contributed by atoms with Crippen LogP contribution in [0, 0.1) is 6.92 Å². The van der Waals surface area contributed by atoms with Crippen molar-refractivity contribution in [2.24, 2.45) is 0 Å². The van der Waals surface area contributed by atoms with Crippen molar-refractivity contribution in [3.8, 4) is 10.4 Å². The maximum absolute atomic E-state index is 12.3. The van der Waals surface area contributed by atoms with E-state index in [9.17, 15) is 9.59 Å². The van der Waals surface area contributed by atoms with Crippen molar-refractivity contribution in [1.29, 1.82) is 0 Å². The number of likely N-dealkylation sites (tertiary alicyclic amines) is 1. The standard InChI is InChI=1S/C17H17N3O2S/c1-11-3-4-15(23-11)12-7-14-13(18-9-12)8-16(21)20(14)10-17(22)19-5-2-6-19/h3-4,7,9H,2,5-6,8,10H2,1H3. The van der Waals surface area contributed by atoms with Gasteiger partial charge >= 0.3 is 0 Å². The number of hydrogen-bond donors (Lipinski definition) is 0. The van der Waals surface area contributed by atoms with E-state index < -0.39 is 0 Å². The number of pyridine rings is 1. The highest BCUT2D eigenvalue weighted by atomic mass is 32.1. The molecule has 23 heavy (non-hydrogen) atoms. The van der Waals surface area contributed by atoms with Crippen LogP contribution in [0.1, 0.15) is 17.0 Å². The van der Waals surface area contributed by atoms with Crippen LogP contribution in [-0.4, -0.2) is 41.3 Å². The number of carbonyl (C=O) groups is 2. The van der Waals surface area contributed by atoms with Gasteiger partial charge in [0.15, 0.2) is 0 Å². The first-order valence-corrected chi connectivity index (χ1v) is 8.57. The van der Waals surface area contributed by atoms with Crippen LogP contribution in [0.3, 0.4) is 0 Å². The van der Waals surface area contributed by atoms with Crippen LogP contribution in [0.25, 0.3) is 10.4 Å². The molecule has 0 bridgehead atoms. The minimum Gasteiger partial charge on any atom is -0.341 e. The second-order valence-electron chi connectivity index (χ2n) is 5.99. The van der Waals surface area contributed by atoms with E-state index in [1.807, 2.05) is 12.3 Å². The number of amides is 2. The Morgan fingerprint density at radius 2 is 2.17 bits per heavy atom. The lowest BCUT2D eigenvalue weighted by molar-refractivity contribution is -0.134. The number of hydrogen-bond acceptors (Lipinski definition) is 4. The topological polar surface area (TPSA) is 53.5 Å². The van der Waals surface area contributed by atoms with Crippen molar-refractivity contribution < 1.29 is 9.59 Å². The zero-order valence-corrected chi connectivity index (χ0v) is 13.7. The number of aryl methyl sites for hydroxylation is 1. The summed E-state index contributed by atoms with van der Waals surface area (Å²) in [5.41, 5.74) is 2.55. The van der Waals surface area contributed by atoms with E-state index in [1.165, 1.54) is 4.88 Å². The fraction of sp³-hybridized carbons (Fsp3) is 0.353. The van der Waals surface area contributed by atoms with E-state index in [0.29, 0.717) is 0 Å². The summed E-state index contributed by atoms with van der Waals surface area (Å²) < 4.78 is 0. The number of thiophene rings is 1. The quantitative estimate of drug-likeness (QED) is 0.869. The molecule has 2 aliphatic heterocycles. The highest BCUT2D eigenvalue weighted by Gasteiger charge is 2.32. The largest absolute Gasteiger partial charge is 0.341 e. The summed E-state index contributed by atoms with van der Waals surface area (Å²) in [6.45, 7) is 3.80. The summed E-state index contributed by atoms with van der Waals surface area (Å²) in [6.07, 6.45) is 3.16. The average Bonchev–Trinajstić information content (AvgIpc) is 3.01. The highest BCUT2D eigenvalue weighted by Crippen LogP contribution is 2.34. The van der Waals surface area contributed by atoms with Gasteiger partial charge in [0.2, 0.25) is 11.8 Å². The molecular formula is C17H17N3O2S. The van der Waals surface area contributed by atoms with E-state index in [4.69, 9.17) is 0 Å². The highest BCUT2D eigenvalue weighted by molar-refractivity contribution is 7.15. The van der Waals surface area contributed by atoms with Gasteiger partial charge in [-0.2, -0.15) is 0 Å². The zero-order chi connectivity index (χ0) is 16.0. The fourth-order valence-electron chi connectivity index (χ4n) is 2.92. The van der Waals surface area contributed by atoms with Crippen molar-refractivity contribution in [1.82, 2.24) is 9.88 Å². The molecule has 0 N–H and O–H groups in total. The number of carbonyl (C=O) groups excluding carboxylic acids is 2. The molecule has 4 rings (SSSR count). The molecule has 1 saturated heterocycles. The molecule has 2 aliphatic rings. The Balaban J connectivity index is 1.63. The van der Waals surface area contributed by atoms with Crippen LogP contribution in [-0.2, 0) is 16.0 Å². The molecule has 1 fully saturated rings. The Bertz CT molecular complexity index is 795. The van der Waals surface area contributed by atoms with Crippen molar-refractivity contribution >= 4 is 28.8 Å². The number of aromatic nitrogens is 1. The van der Waals surface area contributed by atoms with Gasteiger partial charge in [-0.25, -0.2) is 0 Å². The van der Waals surface area contributed by atoms with E-state index >= 15 is 0 Å². The van der Waals surface area contributed by atoms with Crippen molar-refractivity contribution in [3.63, 3.8) is 0 Å². The predicted octanol–water partition coefficient (Wildman–Crippen LogP) is 2.24. The molecule has 0 aliphatic carbocycles. The predicted molar refractivity (Wildman–Crippen MR) is 89.5 cm³/mol. The summed E-state index contributed by atoms with van der Waals surface area (Å²) in [4.78, 5) is 34.7. The van der Waals surface area contributed by atoms with Gasteiger partial charge < -0.3 is 9.80 Å². The molecule has 0 radical (unpaired) electrons. The summed E-state index contributed by atoms with van der Waals surface area (Å²) in [7, 11) is 0. The third kappa shape index (κ3) is 2.53. The van der Waals surface area contributed by atoms with Crippen LogP contribution in [0.5, 0.6) is 0 Å². The number of fused-ring (bicyclic) bond motifs is 1. The van der Waals surface area contributed by atoms with Gasteiger partial charge in [-0.15, -0.1) is 11.3 Å². The molecule has 0 atom stereocenters. The van der Waals surface area contributed by atoms with Crippen LogP contribution in [0.2, 0.25) is 0 Å². The van der Waals surface area contributed by atoms with Gasteiger partial charge in [0.1, 0.15) is 6.54 Å². The minimum absolute atomic E-state index is 0.0230. The van der Waals surface area contributed by atoms with E-state index in [1.54, 1.807) is 21.1 Å². The number of nitrogens with zero attached hydrogens (tertiary/aromatic N) is 3. The molecule has 2 aromatic heterocycles. The lowest BCUT2D eigenvalue weighted by atomic mass is 10.2. The van der Waals surface area contributed by atoms with Crippen LogP contribution in [0.4, 0.5) is 5.69 Å². The van der Waals surface area contributed by atoms with Crippen LogP contribution < -0.4 is 4.90 Å². The Morgan fingerprint density at radius 1 is 1.35 bits per heavy atom. The lowest BCUT2D eigenvalue weighted by Gasteiger charge is -2.32. The molecule has 0 spiro atoms. The summed E-state index contributed by atoms with van der Waals surface area (Å²) >= 11 is 1.70. The van der Waals surface area contributed by atoms with Gasteiger partial charge in [0.25, 0.3) is 0 Å². The molecule has 5 nitrogen and oxygen atoms in total. The number of anilines is 1. The van der Waals surface area contributed by atoms with Gasteiger partial charge in [0, 0.05) is 34.6 Å². The van der Waals surface area contributed by atoms with E-state index in [2.05, 4.69) is 24.0 Å². The van der Waals surface area contributed by atoms with Crippen molar-refractivity contribution in [2.75, 3.05) is 24.5 Å². The molecule has 118 valence electrons. The molecule has 4 heterocycles. The molecule has 0 unspecified atom stereocenters. The maximum Gasteiger partial charge on any atom is 0.242 e. The SMILES string of the molecule is Cc1ccc(-c2cnc3c(c2)N(CC(=O)N2CCC2)C(=O)C3)s1. The lowest BCUT2D eigenvalue weighted by Crippen LogP contribution is -2.47. The first-order valence-electron chi connectivity index (χ1n) is 7.76. The zero-order valence-electron chi connectivity index (χ0n) is 12.9. The monoisotopic (exact) mass is 327 g/mol. The Hall–Kier alpha value is -2.21. The van der Waals surface area contributed by atoms with Gasteiger partial charge in [-0.3, -0.25) is 14.6 Å². The van der Waals surface area contributed by atoms with E-state index in [0.717, 1.165) is 41.3 Å². The normalized spacial score (nSPS) is 16.5. The molecule has 0 aromatic carbocycles. The molecule has 2 aromatic rings. The number of rotatable bonds is 3. The van der Waals surface area contributed by atoms with Gasteiger partial charge in [-0.1, -0.05) is 0 Å². The summed E-state index contributed by atoms with van der Waals surface area (Å²) in [5, 5.41) is 0. The second kappa shape index (κ2) is 5.45. The van der Waals surface area contributed by atoms with Crippen LogP contribution >= 0.6 is 11.3 Å². The van der Waals surface area contributed by atoms with Crippen LogP contribution in [0.15, 0.2) is 24.4 Å². The smallest absolute Gasteiger partial charge is 0.242 e. The first kappa shape index (κ1) is 14.4. The Morgan fingerprint density at radius 3 is 2.83 bits per heavy atom. The summed E-state index contributed by atoms with van der Waals surface area (Å²) in [5.74, 6) is -0.0179. The minimum atomic E-state index is -0.0408. The average molecular weight is 327 g/mol. The van der Waals surface area contributed by atoms with E-state index in [-0.39, 0.29) is 24.8 Å². The van der Waals surface area contributed by atoms with Gasteiger partial charge in [0.05, 0.1) is 17.8 Å². The second-order valence-corrected chi connectivity index (χ2v) is 7.28. The Kier molecular flexibility index (Phi) is 3.41. The Labute approximate surface area is 138 Å². The first-order chi connectivity index (χ1) is 11.1.